The summed E-state index contributed by atoms with van der Waals surface area (Å²) < 4.78 is 15.4. The van der Waals surface area contributed by atoms with Gasteiger partial charge in [0, 0.05) is 34.1 Å². The zero-order valence-corrected chi connectivity index (χ0v) is 18.8. The van der Waals surface area contributed by atoms with E-state index in [0.717, 1.165) is 33.7 Å². The number of alkyl halides is 1. The van der Waals surface area contributed by atoms with Gasteiger partial charge in [-0.2, -0.15) is 10.2 Å². The molecule has 1 aromatic carbocycles. The van der Waals surface area contributed by atoms with E-state index in [4.69, 9.17) is 0 Å². The molecule has 2 aromatic rings. The predicted octanol–water partition coefficient (Wildman–Crippen LogP) is 5.58. The Morgan fingerprint density at radius 2 is 1.97 bits per heavy atom. The van der Waals surface area contributed by atoms with Crippen molar-refractivity contribution >= 4 is 5.78 Å². The number of hydrogen-bond donors (Lipinski definition) is 1. The molecular formula is C26H27FN4O. The van der Waals surface area contributed by atoms with Gasteiger partial charge in [-0.1, -0.05) is 39.0 Å². The molecule has 0 bridgehead atoms. The maximum Gasteiger partial charge on any atom is 0.196 e. The summed E-state index contributed by atoms with van der Waals surface area (Å²) in [7, 11) is 0. The summed E-state index contributed by atoms with van der Waals surface area (Å²) in [6.07, 6.45) is 2.73. The van der Waals surface area contributed by atoms with E-state index in [9.17, 15) is 4.79 Å². The van der Waals surface area contributed by atoms with Gasteiger partial charge >= 0.3 is 0 Å². The van der Waals surface area contributed by atoms with Gasteiger partial charge in [-0.15, -0.1) is 0 Å². The fraction of sp³-hybridized carbons (Fsp3) is 0.385. The second kappa shape index (κ2) is 7.19. The Morgan fingerprint density at radius 1 is 1.19 bits per heavy atom. The summed E-state index contributed by atoms with van der Waals surface area (Å²) in [5.74, 6) is -0.429. The first-order chi connectivity index (χ1) is 15.3. The molecule has 5 rings (SSSR count). The Bertz CT molecular complexity index is 1210. The van der Waals surface area contributed by atoms with E-state index in [1.807, 2.05) is 45.0 Å². The lowest BCUT2D eigenvalue weighted by atomic mass is 9.58. The smallest absolute Gasteiger partial charge is 0.196 e. The minimum atomic E-state index is -1.55. The van der Waals surface area contributed by atoms with Crippen LogP contribution in [-0.2, 0) is 10.2 Å². The number of aryl methyl sites for hydroxylation is 1. The van der Waals surface area contributed by atoms with Gasteiger partial charge in [0.1, 0.15) is 0 Å². The number of allylic oxidation sites excluding steroid dienone is 2. The van der Waals surface area contributed by atoms with Gasteiger partial charge in [-0.05, 0) is 54.7 Å². The molecule has 1 N–H and O–H groups in total. The number of aromatic nitrogens is 1. The Kier molecular flexibility index (Phi) is 4.66. The average Bonchev–Trinajstić information content (AvgIpc) is 3.25. The van der Waals surface area contributed by atoms with Crippen LogP contribution in [-0.4, -0.2) is 23.1 Å². The number of hydrogen-bond acceptors (Lipinski definition) is 5. The molecule has 6 heteroatoms. The van der Waals surface area contributed by atoms with Crippen LogP contribution in [0.4, 0.5) is 4.39 Å². The van der Waals surface area contributed by atoms with Crippen molar-refractivity contribution in [1.82, 2.24) is 10.3 Å². The molecule has 0 radical (unpaired) electrons. The highest BCUT2D eigenvalue weighted by molar-refractivity contribution is 6.04. The molecule has 3 heterocycles. The number of fused-ring (bicyclic) bond motifs is 1. The minimum Gasteiger partial charge on any atom is -0.362 e. The monoisotopic (exact) mass is 430 g/mol. The van der Waals surface area contributed by atoms with Crippen molar-refractivity contribution < 1.29 is 9.18 Å². The summed E-state index contributed by atoms with van der Waals surface area (Å²) in [5.41, 5.74) is 4.68. The number of halogens is 1. The molecule has 2 aliphatic heterocycles. The highest BCUT2D eigenvalue weighted by Gasteiger charge is 2.56. The maximum absolute atomic E-state index is 15.4. The lowest BCUT2D eigenvalue weighted by Crippen LogP contribution is -2.54. The molecule has 0 spiro atoms. The van der Waals surface area contributed by atoms with Crippen LogP contribution in [0.1, 0.15) is 44.9 Å². The fourth-order valence-electron chi connectivity index (χ4n) is 5.49. The summed E-state index contributed by atoms with van der Waals surface area (Å²) in [6, 6.07) is 12.2. The maximum atomic E-state index is 15.4. The van der Waals surface area contributed by atoms with Crippen molar-refractivity contribution in [2.45, 2.75) is 58.3 Å². The zero-order chi connectivity index (χ0) is 22.7. The topological polar surface area (TPSA) is 66.7 Å². The number of rotatable bonds is 3. The van der Waals surface area contributed by atoms with Gasteiger partial charge in [0.2, 0.25) is 0 Å². The first-order valence-corrected chi connectivity index (χ1v) is 11.1. The van der Waals surface area contributed by atoms with Crippen LogP contribution < -0.4 is 5.32 Å². The van der Waals surface area contributed by atoms with Crippen molar-refractivity contribution in [1.29, 1.82) is 0 Å². The normalized spacial score (nSPS) is 28.2. The van der Waals surface area contributed by atoms with E-state index < -0.39 is 22.8 Å². The molecule has 0 saturated carbocycles. The number of nitrogens with zero attached hydrogens (tertiary/aromatic N) is 3. The van der Waals surface area contributed by atoms with E-state index in [1.54, 1.807) is 12.4 Å². The van der Waals surface area contributed by atoms with Crippen LogP contribution >= 0.6 is 0 Å². The molecule has 5 nitrogen and oxygen atoms in total. The number of azo groups is 1. The van der Waals surface area contributed by atoms with Gasteiger partial charge in [0.05, 0.1) is 11.6 Å². The van der Waals surface area contributed by atoms with Gasteiger partial charge in [-0.25, -0.2) is 4.39 Å². The summed E-state index contributed by atoms with van der Waals surface area (Å²) in [6.45, 7) is 7.63. The summed E-state index contributed by atoms with van der Waals surface area (Å²) >= 11 is 0. The number of ketones is 1. The molecule has 0 saturated heterocycles. The molecule has 3 aliphatic rings. The summed E-state index contributed by atoms with van der Waals surface area (Å²) in [5, 5.41) is 12.0. The molecule has 1 unspecified atom stereocenters. The number of benzene rings is 1. The molecule has 1 aliphatic carbocycles. The largest absolute Gasteiger partial charge is 0.362 e. The van der Waals surface area contributed by atoms with Crippen molar-refractivity contribution in [2.24, 2.45) is 15.6 Å². The number of carbonyl (C=O) groups excluding carboxylic acids is 1. The van der Waals surface area contributed by atoms with E-state index in [1.165, 1.54) is 0 Å². The Labute approximate surface area is 187 Å². The van der Waals surface area contributed by atoms with Crippen molar-refractivity contribution in [3.8, 4) is 11.1 Å². The van der Waals surface area contributed by atoms with E-state index in [-0.39, 0.29) is 6.17 Å². The third-order valence-corrected chi connectivity index (χ3v) is 7.12. The lowest BCUT2D eigenvalue weighted by Gasteiger charge is -2.48. The van der Waals surface area contributed by atoms with Crippen LogP contribution in [0.2, 0.25) is 0 Å². The Hall–Kier alpha value is -3.15. The lowest BCUT2D eigenvalue weighted by molar-refractivity contribution is -0.126. The second-order valence-corrected chi connectivity index (χ2v) is 9.63. The molecule has 1 aromatic heterocycles. The predicted molar refractivity (Wildman–Crippen MR) is 122 cm³/mol. The number of carbonyl (C=O) groups is 1. The molecule has 0 amide bonds. The number of nitrogens with one attached hydrogen (secondary N) is 1. The van der Waals surface area contributed by atoms with Crippen LogP contribution in [0.25, 0.3) is 11.1 Å². The number of Topliss-reactive ketones (excluding diaryl/α,β-unsaturated/α-hetero) is 1. The quantitative estimate of drug-likeness (QED) is 0.692. The molecule has 3 atom stereocenters. The second-order valence-electron chi connectivity index (χ2n) is 9.63. The standard InChI is InChI=1S/C26H27FN4O/c1-5-26(18-8-6-7-16(12-18)17-9-10-28-15(2)11-17)19-14-29-31-24(19)30-20-13-25(3,4)23(27)22(32)21(20)26/h6-12,14,23-24,30H,5,13H2,1-4H3/t23-,24?,26+/m1/s1. The van der Waals surface area contributed by atoms with Crippen LogP contribution in [0.3, 0.4) is 0 Å². The van der Waals surface area contributed by atoms with Crippen molar-refractivity contribution in [3.63, 3.8) is 0 Å². The van der Waals surface area contributed by atoms with Gasteiger partial charge in [0.15, 0.2) is 18.1 Å². The minimum absolute atomic E-state index is 0.333. The van der Waals surface area contributed by atoms with E-state index in [0.29, 0.717) is 18.4 Å². The van der Waals surface area contributed by atoms with Crippen LogP contribution in [0, 0.1) is 12.3 Å². The van der Waals surface area contributed by atoms with Crippen LogP contribution in [0.15, 0.2) is 75.9 Å². The Morgan fingerprint density at radius 3 is 2.72 bits per heavy atom. The van der Waals surface area contributed by atoms with Gasteiger partial charge in [-0.3, -0.25) is 9.78 Å². The average molecular weight is 431 g/mol. The highest BCUT2D eigenvalue weighted by atomic mass is 19.1. The molecule has 164 valence electrons. The van der Waals surface area contributed by atoms with Gasteiger partial charge < -0.3 is 5.32 Å². The van der Waals surface area contributed by atoms with Gasteiger partial charge in [0.25, 0.3) is 0 Å². The third kappa shape index (κ3) is 2.89. The van der Waals surface area contributed by atoms with E-state index in [2.05, 4.69) is 39.6 Å². The molecule has 0 fully saturated rings. The Balaban J connectivity index is 1.75. The third-order valence-electron chi connectivity index (χ3n) is 7.12. The zero-order valence-electron chi connectivity index (χ0n) is 18.8. The number of pyridine rings is 1. The summed E-state index contributed by atoms with van der Waals surface area (Å²) in [4.78, 5) is 17.8. The van der Waals surface area contributed by atoms with Crippen LogP contribution in [0.5, 0.6) is 0 Å². The molecule has 32 heavy (non-hydrogen) atoms. The highest BCUT2D eigenvalue weighted by Crippen LogP contribution is 2.54. The fourth-order valence-corrected chi connectivity index (χ4v) is 5.49. The van der Waals surface area contributed by atoms with Crippen molar-refractivity contribution in [2.75, 3.05) is 0 Å². The van der Waals surface area contributed by atoms with Crippen molar-refractivity contribution in [3.05, 3.63) is 76.9 Å². The first-order valence-electron chi connectivity index (χ1n) is 11.1. The SMILES string of the molecule is CC[C@]1(c2cccc(-c3ccnc(C)c3)c2)C2=CN=NC2NC2=C1C(=O)[C@@H](F)C(C)(C)C2. The van der Waals surface area contributed by atoms with E-state index >= 15 is 4.39 Å². The first kappa shape index (κ1) is 20.7. The molecular weight excluding hydrogens is 403 g/mol.